The normalized spacial score (nSPS) is 10.9. The molecule has 0 bridgehead atoms. The molecule has 0 aliphatic carbocycles. The van der Waals surface area contributed by atoms with Crippen molar-refractivity contribution in [2.45, 2.75) is 40.0 Å². The molecule has 0 unspecified atom stereocenters. The van der Waals surface area contributed by atoms with Crippen LogP contribution in [0.5, 0.6) is 0 Å². The van der Waals surface area contributed by atoms with Gasteiger partial charge in [0.1, 0.15) is 0 Å². The lowest BCUT2D eigenvalue weighted by atomic mass is 10.1. The summed E-state index contributed by atoms with van der Waals surface area (Å²) in [6.07, 6.45) is 3.22. The van der Waals surface area contributed by atoms with Crippen molar-refractivity contribution in [3.05, 3.63) is 34.5 Å². The Bertz CT molecular complexity index is 578. The first kappa shape index (κ1) is 14.1. The number of aromatic nitrogens is 1. The number of pyridine rings is 1. The van der Waals surface area contributed by atoms with Gasteiger partial charge in [-0.25, -0.2) is 0 Å². The second kappa shape index (κ2) is 6.25. The highest BCUT2D eigenvalue weighted by atomic mass is 35.5. The van der Waals surface area contributed by atoms with Crippen LogP contribution in [-0.2, 0) is 6.42 Å². The van der Waals surface area contributed by atoms with Crippen LogP contribution in [0, 0.1) is 6.92 Å². The van der Waals surface area contributed by atoms with E-state index >= 15 is 0 Å². The average Bonchev–Trinajstić information content (AvgIpc) is 2.41. The van der Waals surface area contributed by atoms with Crippen LogP contribution in [0.1, 0.15) is 37.9 Å². The minimum absolute atomic E-state index is 0.787. The number of hydrogen-bond acceptors (Lipinski definition) is 2. The predicted octanol–water partition coefficient (Wildman–Crippen LogP) is 4.97. The molecule has 3 heteroatoms. The first-order chi connectivity index (χ1) is 9.17. The van der Waals surface area contributed by atoms with Gasteiger partial charge in [0.05, 0.1) is 5.52 Å². The van der Waals surface area contributed by atoms with Gasteiger partial charge in [0.15, 0.2) is 0 Å². The lowest BCUT2D eigenvalue weighted by molar-refractivity contribution is 0.888. The number of anilines is 1. The molecule has 0 saturated carbocycles. The molecular formula is C16H21ClN2. The van der Waals surface area contributed by atoms with Crippen molar-refractivity contribution in [1.82, 2.24) is 4.98 Å². The van der Waals surface area contributed by atoms with Gasteiger partial charge in [0.25, 0.3) is 0 Å². The summed E-state index contributed by atoms with van der Waals surface area (Å²) in [5, 5.41) is 5.45. The minimum Gasteiger partial charge on any atom is -0.384 e. The number of hydrogen-bond donors (Lipinski definition) is 1. The van der Waals surface area contributed by atoms with Gasteiger partial charge >= 0.3 is 0 Å². The van der Waals surface area contributed by atoms with Crippen LogP contribution in [-0.4, -0.2) is 11.5 Å². The van der Waals surface area contributed by atoms with Gasteiger partial charge in [-0.05, 0) is 43.5 Å². The molecule has 0 aliphatic heterocycles. The predicted molar refractivity (Wildman–Crippen MR) is 84.3 cm³/mol. The average molecular weight is 277 g/mol. The van der Waals surface area contributed by atoms with Crippen molar-refractivity contribution in [1.29, 1.82) is 0 Å². The van der Waals surface area contributed by atoms with Gasteiger partial charge < -0.3 is 5.32 Å². The van der Waals surface area contributed by atoms with Crippen LogP contribution in [0.25, 0.3) is 10.9 Å². The molecule has 1 aromatic carbocycles. The number of nitrogens with one attached hydrogen (secondary N) is 1. The summed E-state index contributed by atoms with van der Waals surface area (Å²) in [6.45, 7) is 7.37. The van der Waals surface area contributed by atoms with E-state index in [2.05, 4.69) is 31.3 Å². The third kappa shape index (κ3) is 3.01. The van der Waals surface area contributed by atoms with Crippen LogP contribution >= 0.6 is 11.6 Å². The smallest absolute Gasteiger partial charge is 0.0770 e. The fourth-order valence-electron chi connectivity index (χ4n) is 2.25. The monoisotopic (exact) mass is 276 g/mol. The Hall–Kier alpha value is -1.28. The maximum Gasteiger partial charge on any atom is 0.0770 e. The molecule has 0 saturated heterocycles. The van der Waals surface area contributed by atoms with Gasteiger partial charge in [-0.15, -0.1) is 0 Å². The largest absolute Gasteiger partial charge is 0.384 e. The number of halogens is 1. The van der Waals surface area contributed by atoms with E-state index in [4.69, 9.17) is 16.6 Å². The van der Waals surface area contributed by atoms with E-state index in [1.165, 1.54) is 5.69 Å². The van der Waals surface area contributed by atoms with Gasteiger partial charge in [0.2, 0.25) is 0 Å². The standard InChI is InChI=1S/C16H21ClN2/c1-4-6-12-10-15(18-9-5-2)13-7-8-14(17)11(3)16(13)19-12/h7-8,10H,4-6,9H2,1-3H3,(H,18,19). The fraction of sp³-hybridized carbons (Fsp3) is 0.438. The van der Waals surface area contributed by atoms with Crippen molar-refractivity contribution in [3.63, 3.8) is 0 Å². The molecule has 0 amide bonds. The van der Waals surface area contributed by atoms with E-state index in [-0.39, 0.29) is 0 Å². The van der Waals surface area contributed by atoms with E-state index < -0.39 is 0 Å². The zero-order chi connectivity index (χ0) is 13.8. The summed E-state index contributed by atoms with van der Waals surface area (Å²) in [4.78, 5) is 4.77. The van der Waals surface area contributed by atoms with Crippen LogP contribution < -0.4 is 5.32 Å². The van der Waals surface area contributed by atoms with Crippen LogP contribution in [0.4, 0.5) is 5.69 Å². The van der Waals surface area contributed by atoms with Gasteiger partial charge in [-0.3, -0.25) is 4.98 Å². The van der Waals surface area contributed by atoms with E-state index in [9.17, 15) is 0 Å². The molecule has 1 heterocycles. The number of rotatable bonds is 5. The van der Waals surface area contributed by atoms with Crippen molar-refractivity contribution in [2.75, 3.05) is 11.9 Å². The molecule has 0 aliphatic rings. The zero-order valence-electron chi connectivity index (χ0n) is 11.9. The lowest BCUT2D eigenvalue weighted by Gasteiger charge is -2.13. The number of fused-ring (bicyclic) bond motifs is 1. The Morgan fingerprint density at radius 3 is 2.68 bits per heavy atom. The Balaban J connectivity index is 2.60. The highest BCUT2D eigenvalue weighted by Gasteiger charge is 2.09. The van der Waals surface area contributed by atoms with Crippen LogP contribution in [0.2, 0.25) is 5.02 Å². The second-order valence-corrected chi connectivity index (χ2v) is 5.31. The molecule has 102 valence electrons. The molecule has 1 N–H and O–H groups in total. The quantitative estimate of drug-likeness (QED) is 0.834. The van der Waals surface area contributed by atoms with Gasteiger partial charge in [0, 0.05) is 28.3 Å². The van der Waals surface area contributed by atoms with E-state index in [0.717, 1.165) is 53.0 Å². The summed E-state index contributed by atoms with van der Waals surface area (Å²) >= 11 is 6.21. The summed E-state index contributed by atoms with van der Waals surface area (Å²) in [5.74, 6) is 0. The van der Waals surface area contributed by atoms with Crippen LogP contribution in [0.3, 0.4) is 0 Å². The maximum absolute atomic E-state index is 6.21. The molecule has 1 aromatic heterocycles. The SMILES string of the molecule is CCCNc1cc(CCC)nc2c(C)c(Cl)ccc12. The molecule has 0 radical (unpaired) electrons. The highest BCUT2D eigenvalue weighted by molar-refractivity contribution is 6.32. The first-order valence-corrected chi connectivity index (χ1v) is 7.37. The number of benzene rings is 1. The summed E-state index contributed by atoms with van der Waals surface area (Å²) < 4.78 is 0. The number of aryl methyl sites for hydroxylation is 2. The third-order valence-electron chi connectivity index (χ3n) is 3.29. The number of nitrogens with zero attached hydrogens (tertiary/aromatic N) is 1. The summed E-state index contributed by atoms with van der Waals surface area (Å²) in [5.41, 5.74) is 4.41. The Labute approximate surface area is 120 Å². The Morgan fingerprint density at radius 1 is 1.21 bits per heavy atom. The van der Waals surface area contributed by atoms with Gasteiger partial charge in [-0.2, -0.15) is 0 Å². The first-order valence-electron chi connectivity index (χ1n) is 7.00. The molecule has 2 aromatic rings. The Kier molecular flexibility index (Phi) is 4.65. The topological polar surface area (TPSA) is 24.9 Å². The van der Waals surface area contributed by atoms with Crippen molar-refractivity contribution < 1.29 is 0 Å². The molecule has 0 atom stereocenters. The van der Waals surface area contributed by atoms with Gasteiger partial charge in [-0.1, -0.05) is 31.9 Å². The maximum atomic E-state index is 6.21. The van der Waals surface area contributed by atoms with E-state index in [1.54, 1.807) is 0 Å². The Morgan fingerprint density at radius 2 is 2.00 bits per heavy atom. The van der Waals surface area contributed by atoms with Crippen molar-refractivity contribution in [2.24, 2.45) is 0 Å². The lowest BCUT2D eigenvalue weighted by Crippen LogP contribution is -2.03. The zero-order valence-corrected chi connectivity index (χ0v) is 12.6. The second-order valence-electron chi connectivity index (χ2n) is 4.91. The van der Waals surface area contributed by atoms with E-state index in [0.29, 0.717) is 0 Å². The third-order valence-corrected chi connectivity index (χ3v) is 3.70. The molecule has 0 fully saturated rings. The van der Waals surface area contributed by atoms with E-state index in [1.807, 2.05) is 13.0 Å². The fourth-order valence-corrected chi connectivity index (χ4v) is 2.40. The summed E-state index contributed by atoms with van der Waals surface area (Å²) in [6, 6.07) is 6.19. The molecular weight excluding hydrogens is 256 g/mol. The molecule has 2 nitrogen and oxygen atoms in total. The molecule has 0 spiro atoms. The summed E-state index contributed by atoms with van der Waals surface area (Å²) in [7, 11) is 0. The van der Waals surface area contributed by atoms with Crippen LogP contribution in [0.15, 0.2) is 18.2 Å². The van der Waals surface area contributed by atoms with Crippen molar-refractivity contribution >= 4 is 28.2 Å². The van der Waals surface area contributed by atoms with Crippen molar-refractivity contribution in [3.8, 4) is 0 Å². The molecule has 19 heavy (non-hydrogen) atoms. The molecule has 2 rings (SSSR count). The highest BCUT2D eigenvalue weighted by Crippen LogP contribution is 2.30. The minimum atomic E-state index is 0.787.